The minimum atomic E-state index is -0.851. The van der Waals surface area contributed by atoms with Gasteiger partial charge in [-0.2, -0.15) is 5.26 Å². The summed E-state index contributed by atoms with van der Waals surface area (Å²) in [5, 5.41) is 9.35. The lowest BCUT2D eigenvalue weighted by Gasteiger charge is -2.26. The van der Waals surface area contributed by atoms with Crippen LogP contribution in [0.5, 0.6) is 17.2 Å². The van der Waals surface area contributed by atoms with Gasteiger partial charge in [0.25, 0.3) is 5.56 Å². The van der Waals surface area contributed by atoms with E-state index in [9.17, 15) is 14.9 Å². The van der Waals surface area contributed by atoms with Gasteiger partial charge in [0.05, 0.1) is 52.7 Å². The molecule has 1 aliphatic rings. The maximum absolute atomic E-state index is 14.0. The van der Waals surface area contributed by atoms with Crippen LogP contribution in [0.25, 0.3) is 6.08 Å². The summed E-state index contributed by atoms with van der Waals surface area (Å²) in [6.07, 6.45) is 1.77. The first-order valence-corrected chi connectivity index (χ1v) is 15.2. The van der Waals surface area contributed by atoms with Gasteiger partial charge < -0.3 is 18.9 Å². The molecule has 0 radical (unpaired) electrons. The van der Waals surface area contributed by atoms with Gasteiger partial charge in [0, 0.05) is 11.1 Å². The van der Waals surface area contributed by atoms with Crippen molar-refractivity contribution in [2.45, 2.75) is 26.5 Å². The van der Waals surface area contributed by atoms with E-state index in [1.165, 1.54) is 23.0 Å². The molecular weight excluding hydrogens is 646 g/mol. The Kier molecular flexibility index (Phi) is 9.32. The molecule has 0 unspecified atom stereocenters. The maximum Gasteiger partial charge on any atom is 0.338 e. The summed E-state index contributed by atoms with van der Waals surface area (Å²) in [7, 11) is 3.08. The zero-order chi connectivity index (χ0) is 31.4. The smallest absolute Gasteiger partial charge is 0.338 e. The number of nitriles is 1. The molecule has 5 rings (SSSR count). The van der Waals surface area contributed by atoms with Crippen molar-refractivity contribution in [1.29, 1.82) is 5.26 Å². The van der Waals surface area contributed by atoms with Crippen molar-refractivity contribution >= 4 is 39.3 Å². The van der Waals surface area contributed by atoms with Crippen LogP contribution in [0.3, 0.4) is 0 Å². The first kappa shape index (κ1) is 30.8. The molecule has 224 valence electrons. The molecule has 3 aromatic carbocycles. The third kappa shape index (κ3) is 6.04. The van der Waals surface area contributed by atoms with Crippen LogP contribution in [0.1, 0.15) is 42.1 Å². The Labute approximate surface area is 266 Å². The van der Waals surface area contributed by atoms with Crippen molar-refractivity contribution in [2.24, 2.45) is 4.99 Å². The third-order valence-electron chi connectivity index (χ3n) is 7.02. The second kappa shape index (κ2) is 13.3. The molecule has 0 saturated heterocycles. The van der Waals surface area contributed by atoms with Crippen LogP contribution in [-0.2, 0) is 16.1 Å². The number of hydrogen-bond donors (Lipinski definition) is 0. The lowest BCUT2D eigenvalue weighted by molar-refractivity contribution is -0.139. The monoisotopic (exact) mass is 673 g/mol. The summed E-state index contributed by atoms with van der Waals surface area (Å²) in [6.45, 7) is 3.86. The van der Waals surface area contributed by atoms with Crippen molar-refractivity contribution in [3.8, 4) is 23.3 Å². The number of esters is 1. The number of fused-ring (bicyclic) bond motifs is 1. The van der Waals surface area contributed by atoms with E-state index >= 15 is 0 Å². The molecule has 44 heavy (non-hydrogen) atoms. The van der Waals surface area contributed by atoms with Crippen LogP contribution in [0.2, 0.25) is 0 Å². The highest BCUT2D eigenvalue weighted by Crippen LogP contribution is 2.38. The number of rotatable bonds is 9. The minimum absolute atomic E-state index is 0.168. The van der Waals surface area contributed by atoms with E-state index in [0.717, 1.165) is 11.1 Å². The highest BCUT2D eigenvalue weighted by Gasteiger charge is 2.35. The van der Waals surface area contributed by atoms with Crippen LogP contribution in [-0.4, -0.2) is 31.4 Å². The van der Waals surface area contributed by atoms with E-state index in [-0.39, 0.29) is 24.3 Å². The van der Waals surface area contributed by atoms with E-state index < -0.39 is 12.0 Å². The number of carbonyl (C=O) groups excluding carboxylic acids is 1. The molecule has 0 aliphatic carbocycles. The molecule has 0 amide bonds. The summed E-state index contributed by atoms with van der Waals surface area (Å²) in [6, 6.07) is 19.3. The maximum atomic E-state index is 14.0. The van der Waals surface area contributed by atoms with Crippen molar-refractivity contribution in [3.05, 3.63) is 118 Å². The van der Waals surface area contributed by atoms with Gasteiger partial charge in [-0.1, -0.05) is 35.6 Å². The molecule has 1 aliphatic heterocycles. The van der Waals surface area contributed by atoms with Gasteiger partial charge in [-0.15, -0.1) is 0 Å². The Morgan fingerprint density at radius 2 is 1.89 bits per heavy atom. The average molecular weight is 675 g/mol. The standard InChI is InChI=1S/C33H28BrN3O6S/c1-5-42-32(39)29-19(2)36-33-37(30(29)24-16-23(40-3)11-13-26(24)41-4)31(38)28(44-33)15-20-10-12-27(25(34)14-20)43-18-22-9-7-6-8-21(22)17-35/h6-16,30H,5,18H2,1-4H3/b28-15+/t30-/m0/s1. The first-order valence-electron chi connectivity index (χ1n) is 13.6. The molecular formula is C33H28BrN3O6S. The molecule has 9 nitrogen and oxygen atoms in total. The van der Waals surface area contributed by atoms with Crippen LogP contribution < -0.4 is 29.1 Å². The largest absolute Gasteiger partial charge is 0.497 e. The Bertz CT molecular complexity index is 2010. The predicted octanol–water partition coefficient (Wildman–Crippen LogP) is 5.03. The summed E-state index contributed by atoms with van der Waals surface area (Å²) in [4.78, 5) is 32.4. The van der Waals surface area contributed by atoms with Gasteiger partial charge in [0.1, 0.15) is 29.9 Å². The Morgan fingerprint density at radius 3 is 2.59 bits per heavy atom. The number of thiazole rings is 1. The molecule has 0 spiro atoms. The lowest BCUT2D eigenvalue weighted by Crippen LogP contribution is -2.40. The number of hydrogen-bond acceptors (Lipinski definition) is 9. The molecule has 1 aromatic heterocycles. The molecule has 0 bridgehead atoms. The molecule has 4 aromatic rings. The number of allylic oxidation sites excluding steroid dienone is 1. The van der Waals surface area contributed by atoms with Crippen LogP contribution in [0.15, 0.2) is 86.2 Å². The van der Waals surface area contributed by atoms with E-state index in [0.29, 0.717) is 47.9 Å². The van der Waals surface area contributed by atoms with Crippen LogP contribution >= 0.6 is 27.3 Å². The minimum Gasteiger partial charge on any atom is -0.497 e. The fourth-order valence-corrected chi connectivity index (χ4v) is 6.48. The second-order valence-corrected chi connectivity index (χ2v) is 11.5. The number of aromatic nitrogens is 1. The number of methoxy groups -OCH3 is 2. The normalized spacial score (nSPS) is 14.4. The highest BCUT2D eigenvalue weighted by molar-refractivity contribution is 9.10. The first-order chi connectivity index (χ1) is 21.3. The van der Waals surface area contributed by atoms with E-state index in [1.54, 1.807) is 57.4 Å². The van der Waals surface area contributed by atoms with Gasteiger partial charge in [-0.05, 0) is 77.8 Å². The fraction of sp³-hybridized carbons (Fsp3) is 0.212. The van der Waals surface area contributed by atoms with Gasteiger partial charge in [0.2, 0.25) is 0 Å². The number of ether oxygens (including phenoxy) is 4. The zero-order valence-corrected chi connectivity index (χ0v) is 26.8. The van der Waals surface area contributed by atoms with Crippen molar-refractivity contribution in [3.63, 3.8) is 0 Å². The van der Waals surface area contributed by atoms with E-state index in [2.05, 4.69) is 27.0 Å². The predicted molar refractivity (Wildman–Crippen MR) is 170 cm³/mol. The highest BCUT2D eigenvalue weighted by atomic mass is 79.9. The number of benzene rings is 3. The quantitative estimate of drug-likeness (QED) is 0.229. The Morgan fingerprint density at radius 1 is 1.11 bits per heavy atom. The number of nitrogens with zero attached hydrogens (tertiary/aromatic N) is 3. The van der Waals surface area contributed by atoms with Crippen molar-refractivity contribution in [1.82, 2.24) is 4.57 Å². The fourth-order valence-electron chi connectivity index (χ4n) is 4.92. The van der Waals surface area contributed by atoms with E-state index in [1.807, 2.05) is 30.3 Å². The van der Waals surface area contributed by atoms with Crippen molar-refractivity contribution in [2.75, 3.05) is 20.8 Å². The van der Waals surface area contributed by atoms with Crippen LogP contribution in [0.4, 0.5) is 0 Å². The van der Waals surface area contributed by atoms with Crippen molar-refractivity contribution < 1.29 is 23.7 Å². The van der Waals surface area contributed by atoms with Crippen LogP contribution in [0, 0.1) is 11.3 Å². The lowest BCUT2D eigenvalue weighted by atomic mass is 9.94. The second-order valence-electron chi connectivity index (χ2n) is 9.66. The SMILES string of the molecule is CCOC(=O)C1=C(C)N=c2s/c(=C/c3ccc(OCc4ccccc4C#N)c(Br)c3)c(=O)n2[C@H]1c1cc(OC)ccc1OC. The summed E-state index contributed by atoms with van der Waals surface area (Å²) < 4.78 is 25.1. The van der Waals surface area contributed by atoms with Gasteiger partial charge in [-0.25, -0.2) is 9.79 Å². The summed E-state index contributed by atoms with van der Waals surface area (Å²) in [5.74, 6) is 1.06. The van der Waals surface area contributed by atoms with Gasteiger partial charge in [0.15, 0.2) is 4.80 Å². The topological polar surface area (TPSA) is 112 Å². The summed E-state index contributed by atoms with van der Waals surface area (Å²) in [5.41, 5.74) is 3.05. The molecule has 0 N–H and O–H groups in total. The van der Waals surface area contributed by atoms with E-state index in [4.69, 9.17) is 18.9 Å². The third-order valence-corrected chi connectivity index (χ3v) is 8.63. The number of halogens is 1. The Balaban J connectivity index is 1.57. The molecule has 11 heteroatoms. The molecule has 1 atom stereocenters. The molecule has 0 fully saturated rings. The molecule has 0 saturated carbocycles. The average Bonchev–Trinajstić information content (AvgIpc) is 3.33. The summed E-state index contributed by atoms with van der Waals surface area (Å²) >= 11 is 4.79. The van der Waals surface area contributed by atoms with Gasteiger partial charge in [-0.3, -0.25) is 9.36 Å². The van der Waals surface area contributed by atoms with Gasteiger partial charge >= 0.3 is 5.97 Å². The zero-order valence-electron chi connectivity index (χ0n) is 24.4. The number of carbonyl (C=O) groups is 1. The molecule has 2 heterocycles. The Hall–Kier alpha value is -4.66.